The van der Waals surface area contributed by atoms with E-state index in [1.807, 2.05) is 0 Å². The van der Waals surface area contributed by atoms with Crippen LogP contribution in [0.5, 0.6) is 0 Å². The number of allylic oxidation sites excluding steroid dienone is 1. The minimum atomic E-state index is -0.487. The second-order valence-corrected chi connectivity index (χ2v) is 13.9. The maximum absolute atomic E-state index is 12.5. The summed E-state index contributed by atoms with van der Waals surface area (Å²) in [5.41, 5.74) is 1.40. The highest BCUT2D eigenvalue weighted by Gasteiger charge is 2.71. The quantitative estimate of drug-likeness (QED) is 0.341. The molecule has 2 saturated heterocycles. The van der Waals surface area contributed by atoms with E-state index in [4.69, 9.17) is 18.9 Å². The number of fused-ring (bicyclic) bond motifs is 7. The van der Waals surface area contributed by atoms with Gasteiger partial charge < -0.3 is 18.9 Å². The van der Waals surface area contributed by atoms with Gasteiger partial charge in [0, 0.05) is 37.5 Å². The van der Waals surface area contributed by atoms with Crippen molar-refractivity contribution in [2.24, 2.45) is 46.3 Å². The summed E-state index contributed by atoms with van der Waals surface area (Å²) in [6, 6.07) is 0. The molecule has 6 rings (SSSR count). The Kier molecular flexibility index (Phi) is 6.15. The zero-order valence-corrected chi connectivity index (χ0v) is 23.6. The highest BCUT2D eigenvalue weighted by Crippen LogP contribution is 2.70. The third-order valence-corrected chi connectivity index (χ3v) is 12.0. The molecule has 6 aliphatic rings. The lowest BCUT2D eigenvalue weighted by Crippen LogP contribution is -2.55. The van der Waals surface area contributed by atoms with Crippen molar-refractivity contribution in [3.63, 3.8) is 0 Å². The summed E-state index contributed by atoms with van der Waals surface area (Å²) in [7, 11) is 0. The molecule has 2 aliphatic heterocycles. The fourth-order valence-electron chi connectivity index (χ4n) is 10.1. The lowest BCUT2D eigenvalue weighted by atomic mass is 9.47. The number of ether oxygens (including phenoxy) is 4. The molecule has 1 spiro atoms. The predicted octanol–water partition coefficient (Wildman–Crippen LogP) is 5.83. The lowest BCUT2D eigenvalue weighted by Gasteiger charge is -2.58. The average Bonchev–Trinajstić information content (AvgIpc) is 3.27. The second kappa shape index (κ2) is 8.81. The van der Waals surface area contributed by atoms with Crippen LogP contribution >= 0.6 is 0 Å². The van der Waals surface area contributed by atoms with E-state index in [1.165, 1.54) is 12.5 Å². The van der Waals surface area contributed by atoms with Gasteiger partial charge in [-0.15, -0.1) is 0 Å². The zero-order chi connectivity index (χ0) is 26.3. The molecule has 37 heavy (non-hydrogen) atoms. The van der Waals surface area contributed by atoms with E-state index in [0.717, 1.165) is 58.0 Å². The lowest BCUT2D eigenvalue weighted by molar-refractivity contribution is -0.272. The monoisotopic (exact) mass is 514 g/mol. The minimum Gasteiger partial charge on any atom is -0.463 e. The zero-order valence-electron chi connectivity index (χ0n) is 23.6. The van der Waals surface area contributed by atoms with Crippen LogP contribution in [0.1, 0.15) is 92.9 Å². The van der Waals surface area contributed by atoms with Crippen LogP contribution in [0.25, 0.3) is 0 Å². The number of carbonyl (C=O) groups excluding carboxylic acids is 2. The number of hydrogen-bond acceptors (Lipinski definition) is 6. The molecule has 12 atom stereocenters. The van der Waals surface area contributed by atoms with Crippen molar-refractivity contribution in [1.82, 2.24) is 0 Å². The normalized spacial score (nSPS) is 52.4. The summed E-state index contributed by atoms with van der Waals surface area (Å²) in [4.78, 5) is 24.1. The SMILES string of the molecule is CC(=O)OC1CCC2(C)C3=CC(OC(C)=O)C4(C)C(CC5OC6(CCC(C)CO6)C(C)C54)C3CCC2C1. The van der Waals surface area contributed by atoms with Gasteiger partial charge in [0.15, 0.2) is 5.79 Å². The van der Waals surface area contributed by atoms with Crippen LogP contribution in [0.15, 0.2) is 11.6 Å². The predicted molar refractivity (Wildman–Crippen MR) is 138 cm³/mol. The smallest absolute Gasteiger partial charge is 0.303 e. The summed E-state index contributed by atoms with van der Waals surface area (Å²) in [6.07, 6.45) is 10.6. The first-order valence-corrected chi connectivity index (χ1v) is 14.9. The minimum absolute atomic E-state index is 0.0281. The van der Waals surface area contributed by atoms with E-state index in [-0.39, 0.29) is 47.0 Å². The first-order valence-electron chi connectivity index (χ1n) is 14.9. The van der Waals surface area contributed by atoms with Crippen molar-refractivity contribution in [1.29, 1.82) is 0 Å². The third kappa shape index (κ3) is 3.78. The summed E-state index contributed by atoms with van der Waals surface area (Å²) >= 11 is 0. The largest absolute Gasteiger partial charge is 0.463 e. The van der Waals surface area contributed by atoms with Crippen molar-refractivity contribution in [2.45, 2.75) is 117 Å². The van der Waals surface area contributed by atoms with Gasteiger partial charge in [-0.3, -0.25) is 9.59 Å². The summed E-state index contributed by atoms with van der Waals surface area (Å²) in [5, 5.41) is 0. The van der Waals surface area contributed by atoms with Gasteiger partial charge in [-0.2, -0.15) is 0 Å². The molecule has 0 radical (unpaired) electrons. The van der Waals surface area contributed by atoms with Gasteiger partial charge in [-0.05, 0) is 80.1 Å². The molecule has 12 unspecified atom stereocenters. The number of hydrogen-bond donors (Lipinski definition) is 0. The van der Waals surface area contributed by atoms with Crippen molar-refractivity contribution >= 4 is 11.9 Å². The standard InChI is InChI=1S/C31H46O6/c1-17-9-12-31(34-16-17)18(2)28-26(37-31)14-25-23-8-7-21-13-22(35-19(3)32)10-11-29(21,5)24(23)15-27(30(25,28)6)36-20(4)33/h15,17-18,21-23,25-28H,7-14,16H2,1-6H3. The van der Waals surface area contributed by atoms with Crippen molar-refractivity contribution in [3.05, 3.63) is 11.6 Å². The molecular formula is C31H46O6. The van der Waals surface area contributed by atoms with Crippen molar-refractivity contribution in [3.8, 4) is 0 Å². The Hall–Kier alpha value is -1.40. The van der Waals surface area contributed by atoms with Crippen LogP contribution < -0.4 is 0 Å². The Morgan fingerprint density at radius 3 is 2.41 bits per heavy atom. The maximum Gasteiger partial charge on any atom is 0.303 e. The van der Waals surface area contributed by atoms with Crippen LogP contribution in [0, 0.1) is 46.3 Å². The molecule has 0 aromatic carbocycles. The Labute approximate surface area is 222 Å². The maximum atomic E-state index is 12.5. The van der Waals surface area contributed by atoms with Crippen LogP contribution in [-0.4, -0.2) is 42.6 Å². The van der Waals surface area contributed by atoms with E-state index in [2.05, 4.69) is 33.8 Å². The summed E-state index contributed by atoms with van der Waals surface area (Å²) in [6.45, 7) is 13.2. The fourth-order valence-corrected chi connectivity index (χ4v) is 10.1. The van der Waals surface area contributed by atoms with E-state index in [1.54, 1.807) is 6.92 Å². The fraction of sp³-hybridized carbons (Fsp3) is 0.871. The number of carbonyl (C=O) groups is 2. The first kappa shape index (κ1) is 25.9. The summed E-state index contributed by atoms with van der Waals surface area (Å²) in [5.74, 6) is 1.69. The molecule has 0 bridgehead atoms. The molecule has 4 aliphatic carbocycles. The van der Waals surface area contributed by atoms with Crippen molar-refractivity contribution in [2.75, 3.05) is 6.61 Å². The van der Waals surface area contributed by atoms with Crippen LogP contribution in [0.4, 0.5) is 0 Å². The van der Waals surface area contributed by atoms with Gasteiger partial charge in [-0.25, -0.2) is 0 Å². The Bertz CT molecular complexity index is 980. The van der Waals surface area contributed by atoms with Gasteiger partial charge in [0.2, 0.25) is 0 Å². The van der Waals surface area contributed by atoms with Gasteiger partial charge in [0.25, 0.3) is 0 Å². The topological polar surface area (TPSA) is 71.1 Å². The molecule has 5 fully saturated rings. The average molecular weight is 515 g/mol. The van der Waals surface area contributed by atoms with Gasteiger partial charge in [0.05, 0.1) is 12.7 Å². The second-order valence-electron chi connectivity index (χ2n) is 13.9. The molecule has 0 aromatic rings. The molecular weight excluding hydrogens is 468 g/mol. The highest BCUT2D eigenvalue weighted by atomic mass is 16.7. The molecule has 206 valence electrons. The van der Waals surface area contributed by atoms with Gasteiger partial charge in [-0.1, -0.05) is 33.3 Å². The molecule has 6 heteroatoms. The molecule has 3 saturated carbocycles. The molecule has 6 nitrogen and oxygen atoms in total. The highest BCUT2D eigenvalue weighted by molar-refractivity contribution is 5.67. The van der Waals surface area contributed by atoms with Crippen LogP contribution in [0.3, 0.4) is 0 Å². The molecule has 0 N–H and O–H groups in total. The summed E-state index contributed by atoms with van der Waals surface area (Å²) < 4.78 is 25.3. The number of rotatable bonds is 2. The Morgan fingerprint density at radius 2 is 1.73 bits per heavy atom. The van der Waals surface area contributed by atoms with Crippen molar-refractivity contribution < 1.29 is 28.5 Å². The van der Waals surface area contributed by atoms with E-state index in [9.17, 15) is 9.59 Å². The third-order valence-electron chi connectivity index (χ3n) is 12.0. The molecule has 0 amide bonds. The van der Waals surface area contributed by atoms with Crippen LogP contribution in [0.2, 0.25) is 0 Å². The Morgan fingerprint density at radius 1 is 0.973 bits per heavy atom. The van der Waals surface area contributed by atoms with E-state index in [0.29, 0.717) is 29.6 Å². The van der Waals surface area contributed by atoms with E-state index >= 15 is 0 Å². The number of esters is 2. The Balaban J connectivity index is 1.34. The van der Waals surface area contributed by atoms with Gasteiger partial charge >= 0.3 is 11.9 Å². The van der Waals surface area contributed by atoms with Crippen LogP contribution in [-0.2, 0) is 28.5 Å². The first-order chi connectivity index (χ1) is 17.5. The van der Waals surface area contributed by atoms with E-state index < -0.39 is 5.79 Å². The molecule has 0 aromatic heterocycles. The van der Waals surface area contributed by atoms with Gasteiger partial charge in [0.1, 0.15) is 12.2 Å². The molecule has 2 heterocycles.